The number of amides is 1. The number of hydrogen-bond acceptors (Lipinski definition) is 2. The minimum absolute atomic E-state index is 0.00755. The van der Waals surface area contributed by atoms with Crippen LogP contribution < -0.4 is 10.6 Å². The van der Waals surface area contributed by atoms with E-state index in [1.54, 1.807) is 11.9 Å². The molecule has 0 saturated heterocycles. The maximum absolute atomic E-state index is 11.8. The molecule has 1 aliphatic rings. The molecule has 0 aromatic heterocycles. The molecule has 15 heavy (non-hydrogen) atoms. The van der Waals surface area contributed by atoms with Crippen LogP contribution in [0.5, 0.6) is 0 Å². The summed E-state index contributed by atoms with van der Waals surface area (Å²) in [5, 5.41) is 0. The number of nitrogens with zero attached hydrogens (tertiary/aromatic N) is 1. The van der Waals surface area contributed by atoms with Gasteiger partial charge in [0.05, 0.1) is 6.04 Å². The van der Waals surface area contributed by atoms with Crippen LogP contribution >= 0.6 is 15.9 Å². The molecule has 1 aliphatic heterocycles. The van der Waals surface area contributed by atoms with Crippen LogP contribution in [-0.2, 0) is 11.2 Å². The second-order valence-corrected chi connectivity index (χ2v) is 4.73. The standard InChI is InChI=1S/C11H13BrN2O/c1-14-10-6-8(12)4-2-7(10)3-5-9(13)11(14)15/h2,4,6,9H,3,5,13H2,1H3/t9-/m0/s1. The van der Waals surface area contributed by atoms with Crippen LogP contribution in [0.4, 0.5) is 5.69 Å². The van der Waals surface area contributed by atoms with Gasteiger partial charge in [0, 0.05) is 17.2 Å². The van der Waals surface area contributed by atoms with Crippen LogP contribution in [0.25, 0.3) is 0 Å². The summed E-state index contributed by atoms with van der Waals surface area (Å²) in [6.45, 7) is 0. The monoisotopic (exact) mass is 268 g/mol. The molecule has 2 rings (SSSR count). The Hall–Kier alpha value is -0.870. The van der Waals surface area contributed by atoms with Gasteiger partial charge in [-0.2, -0.15) is 0 Å². The van der Waals surface area contributed by atoms with Gasteiger partial charge >= 0.3 is 0 Å². The Labute approximate surface area is 97.4 Å². The molecular formula is C11H13BrN2O. The molecule has 1 amide bonds. The lowest BCUT2D eigenvalue weighted by atomic mass is 10.1. The number of carbonyl (C=O) groups excluding carboxylic acids is 1. The summed E-state index contributed by atoms with van der Waals surface area (Å²) in [5.74, 6) is -0.00755. The van der Waals surface area contributed by atoms with Crippen molar-refractivity contribution in [2.24, 2.45) is 5.73 Å². The lowest BCUT2D eigenvalue weighted by molar-refractivity contribution is -0.119. The van der Waals surface area contributed by atoms with Crippen molar-refractivity contribution >= 4 is 27.5 Å². The smallest absolute Gasteiger partial charge is 0.243 e. The molecule has 0 spiro atoms. The van der Waals surface area contributed by atoms with Crippen molar-refractivity contribution in [3.05, 3.63) is 28.2 Å². The Morgan fingerprint density at radius 2 is 2.27 bits per heavy atom. The third-order valence-electron chi connectivity index (χ3n) is 2.78. The molecule has 0 aliphatic carbocycles. The highest BCUT2D eigenvalue weighted by molar-refractivity contribution is 9.10. The first-order valence-corrected chi connectivity index (χ1v) is 5.70. The Morgan fingerprint density at radius 3 is 3.00 bits per heavy atom. The highest BCUT2D eigenvalue weighted by atomic mass is 79.9. The lowest BCUT2D eigenvalue weighted by Gasteiger charge is -2.19. The number of anilines is 1. The molecule has 1 heterocycles. The van der Waals surface area contributed by atoms with Gasteiger partial charge < -0.3 is 10.6 Å². The van der Waals surface area contributed by atoms with E-state index in [9.17, 15) is 4.79 Å². The number of nitrogens with two attached hydrogens (primary N) is 1. The van der Waals surface area contributed by atoms with Crippen LogP contribution in [0.2, 0.25) is 0 Å². The fraction of sp³-hybridized carbons (Fsp3) is 0.364. The molecular weight excluding hydrogens is 256 g/mol. The second kappa shape index (κ2) is 3.94. The van der Waals surface area contributed by atoms with Gasteiger partial charge in [-0.15, -0.1) is 0 Å². The summed E-state index contributed by atoms with van der Waals surface area (Å²) in [6.07, 6.45) is 1.58. The molecule has 1 aromatic rings. The fourth-order valence-electron chi connectivity index (χ4n) is 1.86. The van der Waals surface area contributed by atoms with E-state index in [0.29, 0.717) is 0 Å². The van der Waals surface area contributed by atoms with Crippen LogP contribution in [0.1, 0.15) is 12.0 Å². The average Bonchev–Trinajstić information content (AvgIpc) is 2.32. The average molecular weight is 269 g/mol. The number of halogens is 1. The number of rotatable bonds is 0. The van der Waals surface area contributed by atoms with Crippen LogP contribution in [0, 0.1) is 0 Å². The molecule has 0 bridgehead atoms. The van der Waals surface area contributed by atoms with E-state index in [1.165, 1.54) is 5.56 Å². The third-order valence-corrected chi connectivity index (χ3v) is 3.27. The maximum Gasteiger partial charge on any atom is 0.243 e. The van der Waals surface area contributed by atoms with Gasteiger partial charge in [0.15, 0.2) is 0 Å². The minimum Gasteiger partial charge on any atom is -0.320 e. The number of likely N-dealkylation sites (N-methyl/N-ethyl adjacent to an activating group) is 1. The highest BCUT2D eigenvalue weighted by Gasteiger charge is 2.24. The topological polar surface area (TPSA) is 46.3 Å². The predicted molar refractivity (Wildman–Crippen MR) is 63.8 cm³/mol. The zero-order chi connectivity index (χ0) is 11.0. The normalized spacial score (nSPS) is 21.1. The predicted octanol–water partition coefficient (Wildman–Crippen LogP) is 1.69. The van der Waals surface area contributed by atoms with Crippen LogP contribution in [0.15, 0.2) is 22.7 Å². The van der Waals surface area contributed by atoms with Crippen LogP contribution in [-0.4, -0.2) is 19.0 Å². The van der Waals surface area contributed by atoms with Gasteiger partial charge in [0.1, 0.15) is 0 Å². The fourth-order valence-corrected chi connectivity index (χ4v) is 2.21. The quantitative estimate of drug-likeness (QED) is 0.779. The Bertz CT molecular complexity index is 406. The van der Waals surface area contributed by atoms with Crippen molar-refractivity contribution in [1.82, 2.24) is 0 Å². The molecule has 0 saturated carbocycles. The summed E-state index contributed by atoms with van der Waals surface area (Å²) in [5.41, 5.74) is 7.93. The summed E-state index contributed by atoms with van der Waals surface area (Å²) < 4.78 is 0.983. The SMILES string of the molecule is CN1C(=O)[C@@H](N)CCc2ccc(Br)cc21. The van der Waals surface area contributed by atoms with Gasteiger partial charge in [-0.05, 0) is 30.5 Å². The van der Waals surface area contributed by atoms with Gasteiger partial charge in [0.25, 0.3) is 0 Å². The van der Waals surface area contributed by atoms with Gasteiger partial charge in [-0.25, -0.2) is 0 Å². The van der Waals surface area contributed by atoms with E-state index >= 15 is 0 Å². The molecule has 0 fully saturated rings. The third kappa shape index (κ3) is 1.92. The first-order valence-electron chi connectivity index (χ1n) is 4.91. The van der Waals surface area contributed by atoms with E-state index in [1.807, 2.05) is 18.2 Å². The van der Waals surface area contributed by atoms with Gasteiger partial charge in [-0.3, -0.25) is 4.79 Å². The molecule has 4 heteroatoms. The van der Waals surface area contributed by atoms with E-state index in [4.69, 9.17) is 5.73 Å². The van der Waals surface area contributed by atoms with Crippen LogP contribution in [0.3, 0.4) is 0 Å². The molecule has 1 aromatic carbocycles. The van der Waals surface area contributed by atoms with E-state index in [0.717, 1.165) is 23.0 Å². The number of benzene rings is 1. The molecule has 0 unspecified atom stereocenters. The number of fused-ring (bicyclic) bond motifs is 1. The van der Waals surface area contributed by atoms with E-state index in [-0.39, 0.29) is 11.9 Å². The summed E-state index contributed by atoms with van der Waals surface area (Å²) in [7, 11) is 1.78. The molecule has 80 valence electrons. The first-order chi connectivity index (χ1) is 7.09. The van der Waals surface area contributed by atoms with Gasteiger partial charge in [-0.1, -0.05) is 22.0 Å². The first kappa shape index (κ1) is 10.6. The maximum atomic E-state index is 11.8. The number of aryl methyl sites for hydroxylation is 1. The van der Waals surface area contributed by atoms with Crippen molar-refractivity contribution in [3.8, 4) is 0 Å². The Kier molecular flexibility index (Phi) is 2.80. The number of carbonyl (C=O) groups is 1. The van der Waals surface area contributed by atoms with Gasteiger partial charge in [0.2, 0.25) is 5.91 Å². The van der Waals surface area contributed by atoms with Crippen molar-refractivity contribution in [3.63, 3.8) is 0 Å². The summed E-state index contributed by atoms with van der Waals surface area (Å²) in [6, 6.07) is 5.63. The largest absolute Gasteiger partial charge is 0.320 e. The molecule has 1 atom stereocenters. The minimum atomic E-state index is -0.374. The Balaban J connectivity index is 2.48. The molecule has 3 nitrogen and oxygen atoms in total. The van der Waals surface area contributed by atoms with E-state index in [2.05, 4.69) is 15.9 Å². The number of hydrogen-bond donors (Lipinski definition) is 1. The lowest BCUT2D eigenvalue weighted by Crippen LogP contribution is -2.40. The van der Waals surface area contributed by atoms with Crippen molar-refractivity contribution in [2.45, 2.75) is 18.9 Å². The second-order valence-electron chi connectivity index (χ2n) is 3.82. The molecule has 2 N–H and O–H groups in total. The highest BCUT2D eigenvalue weighted by Crippen LogP contribution is 2.28. The van der Waals surface area contributed by atoms with E-state index < -0.39 is 0 Å². The summed E-state index contributed by atoms with van der Waals surface area (Å²) in [4.78, 5) is 13.5. The zero-order valence-corrected chi connectivity index (χ0v) is 10.1. The zero-order valence-electron chi connectivity index (χ0n) is 8.53. The summed E-state index contributed by atoms with van der Waals surface area (Å²) >= 11 is 3.41. The molecule has 0 radical (unpaired) electrons. The van der Waals surface area contributed by atoms with Crippen molar-refractivity contribution in [2.75, 3.05) is 11.9 Å². The Morgan fingerprint density at radius 1 is 1.53 bits per heavy atom. The van der Waals surface area contributed by atoms with Crippen molar-refractivity contribution < 1.29 is 4.79 Å². The van der Waals surface area contributed by atoms with Crippen molar-refractivity contribution in [1.29, 1.82) is 0 Å².